The van der Waals surface area contributed by atoms with E-state index in [1.165, 1.54) is 6.07 Å². The zero-order valence-corrected chi connectivity index (χ0v) is 9.53. The zero-order chi connectivity index (χ0) is 12.4. The Labute approximate surface area is 99.4 Å². The molecule has 0 saturated carbocycles. The largest absolute Gasteiger partial charge is 0.399 e. The monoisotopic (exact) mass is 237 g/mol. The minimum Gasteiger partial charge on any atom is -0.399 e. The third kappa shape index (κ3) is 2.33. The maximum atomic E-state index is 13.8. The van der Waals surface area contributed by atoms with Crippen molar-refractivity contribution in [2.75, 3.05) is 17.2 Å². The lowest BCUT2D eigenvalue weighted by Crippen LogP contribution is -2.48. The quantitative estimate of drug-likeness (QED) is 0.760. The highest BCUT2D eigenvalue weighted by Gasteiger charge is 2.28. The zero-order valence-electron chi connectivity index (χ0n) is 9.53. The fraction of sp³-hybridized carbons (Fsp3) is 0.417. The minimum atomic E-state index is -0.415. The molecule has 0 radical (unpaired) electrons. The molecule has 92 valence electrons. The molecule has 1 atom stereocenters. The number of rotatable bonds is 2. The molecule has 1 amide bonds. The fourth-order valence-corrected chi connectivity index (χ4v) is 2.27. The summed E-state index contributed by atoms with van der Waals surface area (Å²) in [6, 6.07) is 4.08. The van der Waals surface area contributed by atoms with Gasteiger partial charge in [-0.2, -0.15) is 0 Å². The van der Waals surface area contributed by atoms with Crippen LogP contribution in [0.15, 0.2) is 18.2 Å². The molecule has 17 heavy (non-hydrogen) atoms. The second-order valence-electron chi connectivity index (χ2n) is 4.32. The first-order chi connectivity index (χ1) is 8.09. The van der Waals surface area contributed by atoms with Gasteiger partial charge in [0.2, 0.25) is 5.91 Å². The first kappa shape index (κ1) is 11.7. The van der Waals surface area contributed by atoms with E-state index in [-0.39, 0.29) is 0 Å². The van der Waals surface area contributed by atoms with Gasteiger partial charge in [-0.3, -0.25) is 4.79 Å². The average molecular weight is 237 g/mol. The molecule has 1 aliphatic heterocycles. The Bertz CT molecular complexity index is 436. The van der Waals surface area contributed by atoms with Crippen molar-refractivity contribution < 1.29 is 9.18 Å². The highest BCUT2D eigenvalue weighted by Crippen LogP contribution is 2.28. The van der Waals surface area contributed by atoms with E-state index in [0.717, 1.165) is 12.8 Å². The van der Waals surface area contributed by atoms with Gasteiger partial charge in [-0.05, 0) is 37.5 Å². The number of nitrogens with zero attached hydrogens (tertiary/aromatic N) is 1. The summed E-state index contributed by atoms with van der Waals surface area (Å²) in [7, 11) is 0. The Morgan fingerprint density at radius 2 is 2.18 bits per heavy atom. The van der Waals surface area contributed by atoms with Crippen molar-refractivity contribution in [2.24, 2.45) is 5.73 Å². The summed E-state index contributed by atoms with van der Waals surface area (Å²) in [5.41, 5.74) is 11.6. The summed E-state index contributed by atoms with van der Waals surface area (Å²) in [4.78, 5) is 13.1. The molecular formula is C12H16FN3O. The maximum Gasteiger partial charge on any atom is 0.240 e. The smallest absolute Gasteiger partial charge is 0.240 e. The van der Waals surface area contributed by atoms with Gasteiger partial charge in [-0.25, -0.2) is 4.39 Å². The van der Waals surface area contributed by atoms with Gasteiger partial charge >= 0.3 is 0 Å². The second-order valence-corrected chi connectivity index (χ2v) is 4.32. The number of carbonyl (C=O) groups excluding carboxylic acids is 1. The van der Waals surface area contributed by atoms with Gasteiger partial charge in [0.05, 0.1) is 5.69 Å². The molecule has 1 fully saturated rings. The number of primary amides is 1. The fourth-order valence-electron chi connectivity index (χ4n) is 2.27. The van der Waals surface area contributed by atoms with Gasteiger partial charge in [0, 0.05) is 12.2 Å². The van der Waals surface area contributed by atoms with Crippen LogP contribution in [0.5, 0.6) is 0 Å². The average Bonchev–Trinajstić information content (AvgIpc) is 2.29. The third-order valence-electron chi connectivity index (χ3n) is 3.11. The molecule has 2 rings (SSSR count). The molecule has 0 bridgehead atoms. The molecule has 1 aliphatic rings. The molecule has 4 nitrogen and oxygen atoms in total. The number of piperidine rings is 1. The molecule has 4 N–H and O–H groups in total. The summed E-state index contributed by atoms with van der Waals surface area (Å²) in [5, 5.41) is 0. The molecule has 0 aliphatic carbocycles. The number of hydrogen-bond acceptors (Lipinski definition) is 3. The Morgan fingerprint density at radius 3 is 2.82 bits per heavy atom. The number of anilines is 2. The Balaban J connectivity index is 2.32. The van der Waals surface area contributed by atoms with Crippen molar-refractivity contribution in [3.05, 3.63) is 24.0 Å². The van der Waals surface area contributed by atoms with Crippen molar-refractivity contribution in [1.82, 2.24) is 0 Å². The Hall–Kier alpha value is -1.78. The van der Waals surface area contributed by atoms with E-state index < -0.39 is 17.8 Å². The van der Waals surface area contributed by atoms with Gasteiger partial charge in [0.15, 0.2) is 0 Å². The summed E-state index contributed by atoms with van der Waals surface area (Å²) < 4.78 is 13.8. The molecule has 1 heterocycles. The van der Waals surface area contributed by atoms with Crippen LogP contribution in [0, 0.1) is 5.82 Å². The van der Waals surface area contributed by atoms with Gasteiger partial charge < -0.3 is 16.4 Å². The Morgan fingerprint density at radius 1 is 1.41 bits per heavy atom. The maximum absolute atomic E-state index is 13.8. The van der Waals surface area contributed by atoms with Crippen LogP contribution < -0.4 is 16.4 Å². The molecular weight excluding hydrogens is 221 g/mol. The summed E-state index contributed by atoms with van der Waals surface area (Å²) in [5.74, 6) is -0.806. The lowest BCUT2D eigenvalue weighted by Gasteiger charge is -2.35. The van der Waals surface area contributed by atoms with Crippen molar-refractivity contribution in [3.63, 3.8) is 0 Å². The van der Waals surface area contributed by atoms with E-state index >= 15 is 0 Å². The van der Waals surface area contributed by atoms with Crippen LogP contribution in [-0.4, -0.2) is 18.5 Å². The minimum absolute atomic E-state index is 0.374. The third-order valence-corrected chi connectivity index (χ3v) is 3.11. The van der Waals surface area contributed by atoms with Gasteiger partial charge in [0.1, 0.15) is 11.9 Å². The SMILES string of the molecule is NC(=O)C1CCCCN1c1ccc(N)cc1F. The van der Waals surface area contributed by atoms with Crippen LogP contribution in [0.2, 0.25) is 0 Å². The van der Waals surface area contributed by atoms with Gasteiger partial charge in [-0.1, -0.05) is 0 Å². The Kier molecular flexibility index (Phi) is 3.17. The standard InChI is InChI=1S/C12H16FN3O/c13-9-7-8(14)4-5-10(9)16-6-2-1-3-11(16)12(15)17/h4-5,7,11H,1-3,6,14H2,(H2,15,17). The number of hydrogen-bond donors (Lipinski definition) is 2. The first-order valence-electron chi connectivity index (χ1n) is 5.70. The van der Waals surface area contributed by atoms with Crippen molar-refractivity contribution in [1.29, 1.82) is 0 Å². The van der Waals surface area contributed by atoms with Crippen LogP contribution in [0.4, 0.5) is 15.8 Å². The highest BCUT2D eigenvalue weighted by molar-refractivity contribution is 5.84. The number of nitrogens with two attached hydrogens (primary N) is 2. The lowest BCUT2D eigenvalue weighted by molar-refractivity contribution is -0.119. The summed E-state index contributed by atoms with van der Waals surface area (Å²) in [6.07, 6.45) is 2.56. The van der Waals surface area contributed by atoms with E-state index in [2.05, 4.69) is 0 Å². The molecule has 0 spiro atoms. The van der Waals surface area contributed by atoms with Crippen LogP contribution >= 0.6 is 0 Å². The topological polar surface area (TPSA) is 72.4 Å². The lowest BCUT2D eigenvalue weighted by atomic mass is 10.0. The number of amides is 1. The molecule has 1 aromatic carbocycles. The van der Waals surface area contributed by atoms with Crippen LogP contribution in [0.1, 0.15) is 19.3 Å². The van der Waals surface area contributed by atoms with E-state index in [9.17, 15) is 9.18 Å². The van der Waals surface area contributed by atoms with Crippen molar-refractivity contribution >= 4 is 17.3 Å². The number of nitrogen functional groups attached to an aromatic ring is 1. The van der Waals surface area contributed by atoms with E-state index in [1.54, 1.807) is 17.0 Å². The van der Waals surface area contributed by atoms with Gasteiger partial charge in [0.25, 0.3) is 0 Å². The van der Waals surface area contributed by atoms with Crippen LogP contribution in [-0.2, 0) is 4.79 Å². The second kappa shape index (κ2) is 4.61. The summed E-state index contributed by atoms with van der Waals surface area (Å²) in [6.45, 7) is 0.647. The predicted octanol–water partition coefficient (Wildman–Crippen LogP) is 1.25. The first-order valence-corrected chi connectivity index (χ1v) is 5.70. The molecule has 0 aromatic heterocycles. The number of halogens is 1. The van der Waals surface area contributed by atoms with E-state index in [0.29, 0.717) is 24.3 Å². The van der Waals surface area contributed by atoms with Gasteiger partial charge in [-0.15, -0.1) is 0 Å². The predicted molar refractivity (Wildman–Crippen MR) is 65.0 cm³/mol. The molecule has 5 heteroatoms. The van der Waals surface area contributed by atoms with E-state index in [1.807, 2.05) is 0 Å². The highest BCUT2D eigenvalue weighted by atomic mass is 19.1. The molecule has 1 aromatic rings. The van der Waals surface area contributed by atoms with E-state index in [4.69, 9.17) is 11.5 Å². The number of benzene rings is 1. The molecule has 1 unspecified atom stereocenters. The normalized spacial score (nSPS) is 20.3. The van der Waals surface area contributed by atoms with Crippen molar-refractivity contribution in [3.8, 4) is 0 Å². The number of carbonyl (C=O) groups is 1. The molecule has 1 saturated heterocycles. The van der Waals surface area contributed by atoms with Crippen LogP contribution in [0.3, 0.4) is 0 Å². The van der Waals surface area contributed by atoms with Crippen molar-refractivity contribution in [2.45, 2.75) is 25.3 Å². The summed E-state index contributed by atoms with van der Waals surface area (Å²) >= 11 is 0. The van der Waals surface area contributed by atoms with Crippen LogP contribution in [0.25, 0.3) is 0 Å².